The van der Waals surface area contributed by atoms with Gasteiger partial charge in [0.1, 0.15) is 0 Å². The van der Waals surface area contributed by atoms with E-state index in [0.29, 0.717) is 6.42 Å². The van der Waals surface area contributed by atoms with Crippen molar-refractivity contribution in [1.82, 2.24) is 5.43 Å². The van der Waals surface area contributed by atoms with Gasteiger partial charge in [-0.15, -0.1) is 0 Å². The van der Waals surface area contributed by atoms with Gasteiger partial charge >= 0.3 is 0 Å². The van der Waals surface area contributed by atoms with Gasteiger partial charge < -0.3 is 0 Å². The van der Waals surface area contributed by atoms with Crippen LogP contribution in [0.15, 0.2) is 24.3 Å². The fourth-order valence-electron chi connectivity index (χ4n) is 4.34. The van der Waals surface area contributed by atoms with Crippen LogP contribution in [0.2, 0.25) is 0 Å². The van der Waals surface area contributed by atoms with E-state index < -0.39 is 0 Å². The van der Waals surface area contributed by atoms with Gasteiger partial charge in [-0.25, -0.2) is 0 Å². The number of rotatable bonds is 17. The molecule has 29 heavy (non-hydrogen) atoms. The van der Waals surface area contributed by atoms with Gasteiger partial charge in [0.15, 0.2) is 0 Å². The molecule has 0 heterocycles. The van der Waals surface area contributed by atoms with Crippen LogP contribution in [-0.4, -0.2) is 5.91 Å². The first-order chi connectivity index (χ1) is 14.2. The lowest BCUT2D eigenvalue weighted by atomic mass is 10.0. The van der Waals surface area contributed by atoms with Gasteiger partial charge in [0, 0.05) is 6.42 Å². The second-order valence-corrected chi connectivity index (χ2v) is 9.11. The number of anilines is 1. The molecular formula is C26H44N2O. The molecule has 1 aromatic carbocycles. The number of hydrogen-bond acceptors (Lipinski definition) is 2. The van der Waals surface area contributed by atoms with Crippen molar-refractivity contribution in [3.63, 3.8) is 0 Å². The van der Waals surface area contributed by atoms with E-state index >= 15 is 0 Å². The van der Waals surface area contributed by atoms with Crippen LogP contribution in [-0.2, 0) is 4.79 Å². The van der Waals surface area contributed by atoms with E-state index in [4.69, 9.17) is 0 Å². The average molecular weight is 401 g/mol. The SMILES string of the molecule is CCCCCCCC[C@H]1C[C@H]1CCCCCCCC(=O)NNc1ccccc1C. The van der Waals surface area contributed by atoms with E-state index in [1.807, 2.05) is 31.2 Å². The minimum atomic E-state index is 0.0868. The number of benzene rings is 1. The van der Waals surface area contributed by atoms with Crippen LogP contribution in [0.1, 0.15) is 109 Å². The fraction of sp³-hybridized carbons (Fsp3) is 0.731. The minimum absolute atomic E-state index is 0.0868. The molecule has 1 fully saturated rings. The first-order valence-corrected chi connectivity index (χ1v) is 12.3. The van der Waals surface area contributed by atoms with E-state index in [0.717, 1.165) is 29.5 Å². The zero-order chi connectivity index (χ0) is 20.7. The maximum atomic E-state index is 11.9. The number of para-hydroxylation sites is 1. The molecule has 0 aromatic heterocycles. The van der Waals surface area contributed by atoms with Crippen molar-refractivity contribution in [3.05, 3.63) is 29.8 Å². The standard InChI is InChI=1S/C26H44N2O/c1-3-4-5-6-8-11-17-23-21-24(23)18-12-9-7-10-13-20-26(29)28-27-25-19-15-14-16-22(25)2/h14-16,19,23-24,27H,3-13,17-18,20-21H2,1-2H3,(H,28,29)/t23-,24+/m0/s1. The Hall–Kier alpha value is -1.51. The Balaban J connectivity index is 1.35. The summed E-state index contributed by atoms with van der Waals surface area (Å²) >= 11 is 0. The molecule has 0 saturated heterocycles. The van der Waals surface area contributed by atoms with Gasteiger partial charge in [-0.05, 0) is 43.2 Å². The maximum absolute atomic E-state index is 11.9. The summed E-state index contributed by atoms with van der Waals surface area (Å²) in [5, 5.41) is 0. The van der Waals surface area contributed by atoms with Crippen LogP contribution in [0, 0.1) is 18.8 Å². The van der Waals surface area contributed by atoms with Gasteiger partial charge in [-0.1, -0.05) is 102 Å². The molecule has 3 nitrogen and oxygen atoms in total. The van der Waals surface area contributed by atoms with Crippen molar-refractivity contribution in [3.8, 4) is 0 Å². The minimum Gasteiger partial charge on any atom is -0.298 e. The Morgan fingerprint density at radius 1 is 0.862 bits per heavy atom. The zero-order valence-corrected chi connectivity index (χ0v) is 19.0. The second-order valence-electron chi connectivity index (χ2n) is 9.11. The van der Waals surface area contributed by atoms with Crippen molar-refractivity contribution in [1.29, 1.82) is 0 Å². The third-order valence-corrected chi connectivity index (χ3v) is 6.46. The van der Waals surface area contributed by atoms with Crippen LogP contribution in [0.4, 0.5) is 5.69 Å². The molecule has 2 N–H and O–H groups in total. The molecule has 164 valence electrons. The van der Waals surface area contributed by atoms with E-state index in [2.05, 4.69) is 17.8 Å². The Kier molecular flexibility index (Phi) is 11.9. The van der Waals surface area contributed by atoms with Crippen LogP contribution >= 0.6 is 0 Å². The van der Waals surface area contributed by atoms with Gasteiger partial charge in [0.25, 0.3) is 0 Å². The van der Waals surface area contributed by atoms with Crippen molar-refractivity contribution in [2.24, 2.45) is 11.8 Å². The van der Waals surface area contributed by atoms with E-state index in [9.17, 15) is 4.79 Å². The highest BCUT2D eigenvalue weighted by Crippen LogP contribution is 2.45. The molecule has 0 radical (unpaired) electrons. The molecular weight excluding hydrogens is 356 g/mol. The third-order valence-electron chi connectivity index (χ3n) is 6.46. The smallest absolute Gasteiger partial charge is 0.238 e. The molecule has 1 aromatic rings. The van der Waals surface area contributed by atoms with Gasteiger partial charge in [-0.2, -0.15) is 0 Å². The number of aryl methyl sites for hydroxylation is 1. The highest BCUT2D eigenvalue weighted by atomic mass is 16.2. The molecule has 2 atom stereocenters. The van der Waals surface area contributed by atoms with E-state index in [-0.39, 0.29) is 5.91 Å². The van der Waals surface area contributed by atoms with Gasteiger partial charge in [0.2, 0.25) is 5.91 Å². The van der Waals surface area contributed by atoms with Crippen LogP contribution in [0.25, 0.3) is 0 Å². The number of amides is 1. The summed E-state index contributed by atoms with van der Waals surface area (Å²) in [5.41, 5.74) is 7.94. The van der Waals surface area contributed by atoms with Crippen LogP contribution in [0.3, 0.4) is 0 Å². The molecule has 0 unspecified atom stereocenters. The van der Waals surface area contributed by atoms with Gasteiger partial charge in [0.05, 0.1) is 5.69 Å². The Morgan fingerprint density at radius 2 is 1.45 bits per heavy atom. The summed E-state index contributed by atoms with van der Waals surface area (Å²) in [5.74, 6) is 2.19. The summed E-state index contributed by atoms with van der Waals surface area (Å²) in [6, 6.07) is 7.99. The quantitative estimate of drug-likeness (QED) is 0.209. The second kappa shape index (κ2) is 14.5. The molecule has 1 aliphatic rings. The first-order valence-electron chi connectivity index (χ1n) is 12.3. The lowest BCUT2D eigenvalue weighted by molar-refractivity contribution is -0.120. The number of hydrogen-bond donors (Lipinski definition) is 2. The number of unbranched alkanes of at least 4 members (excludes halogenated alkanes) is 9. The topological polar surface area (TPSA) is 41.1 Å². The van der Waals surface area contributed by atoms with Crippen LogP contribution in [0.5, 0.6) is 0 Å². The predicted octanol–water partition coefficient (Wildman–Crippen LogP) is 7.56. The summed E-state index contributed by atoms with van der Waals surface area (Å²) in [4.78, 5) is 11.9. The largest absolute Gasteiger partial charge is 0.298 e. The number of carbonyl (C=O) groups excluding carboxylic acids is 1. The average Bonchev–Trinajstić information content (AvgIpc) is 3.47. The molecule has 1 amide bonds. The monoisotopic (exact) mass is 400 g/mol. The summed E-state index contributed by atoms with van der Waals surface area (Å²) in [6.07, 6.45) is 19.8. The molecule has 0 bridgehead atoms. The molecule has 2 rings (SSSR count). The van der Waals surface area contributed by atoms with Crippen molar-refractivity contribution < 1.29 is 4.79 Å². The van der Waals surface area contributed by atoms with Crippen molar-refractivity contribution >= 4 is 11.6 Å². The van der Waals surface area contributed by atoms with Crippen LogP contribution < -0.4 is 10.9 Å². The highest BCUT2D eigenvalue weighted by Gasteiger charge is 2.34. The Bertz CT molecular complexity index is 572. The number of carbonyl (C=O) groups is 1. The van der Waals surface area contributed by atoms with E-state index in [1.165, 1.54) is 83.5 Å². The molecule has 1 saturated carbocycles. The molecule has 0 spiro atoms. The highest BCUT2D eigenvalue weighted by molar-refractivity contribution is 5.77. The first kappa shape index (κ1) is 23.8. The Labute approximate surface area is 179 Å². The van der Waals surface area contributed by atoms with Crippen molar-refractivity contribution in [2.45, 2.75) is 110 Å². The summed E-state index contributed by atoms with van der Waals surface area (Å²) < 4.78 is 0. The lowest BCUT2D eigenvalue weighted by Crippen LogP contribution is -2.29. The predicted molar refractivity (Wildman–Crippen MR) is 125 cm³/mol. The van der Waals surface area contributed by atoms with Gasteiger partial charge in [-0.3, -0.25) is 15.6 Å². The van der Waals surface area contributed by atoms with E-state index in [1.54, 1.807) is 0 Å². The Morgan fingerprint density at radius 3 is 2.10 bits per heavy atom. The number of nitrogens with one attached hydrogen (secondary N) is 2. The lowest BCUT2D eigenvalue weighted by Gasteiger charge is -2.10. The molecule has 1 aliphatic carbocycles. The van der Waals surface area contributed by atoms with Crippen molar-refractivity contribution in [2.75, 3.05) is 5.43 Å². The normalized spacial score (nSPS) is 17.9. The summed E-state index contributed by atoms with van der Waals surface area (Å²) in [7, 11) is 0. The summed E-state index contributed by atoms with van der Waals surface area (Å²) in [6.45, 7) is 4.32. The zero-order valence-electron chi connectivity index (χ0n) is 19.0. The fourth-order valence-corrected chi connectivity index (χ4v) is 4.34. The number of hydrazine groups is 1. The third kappa shape index (κ3) is 10.7. The maximum Gasteiger partial charge on any atom is 0.238 e. The molecule has 0 aliphatic heterocycles. The molecule has 3 heteroatoms.